The van der Waals surface area contributed by atoms with Crippen molar-refractivity contribution >= 4 is 11.8 Å². The average molecular weight is 408 g/mol. The Balaban J connectivity index is 1.85. The largest absolute Gasteiger partial charge is 0.467 e. The van der Waals surface area contributed by atoms with Crippen molar-refractivity contribution in [3.63, 3.8) is 0 Å². The summed E-state index contributed by atoms with van der Waals surface area (Å²) in [6.07, 6.45) is 2.18. The molecule has 30 heavy (non-hydrogen) atoms. The van der Waals surface area contributed by atoms with Gasteiger partial charge in [0.05, 0.1) is 12.8 Å². The fourth-order valence-corrected chi connectivity index (χ4v) is 3.25. The van der Waals surface area contributed by atoms with E-state index in [9.17, 15) is 14.0 Å². The van der Waals surface area contributed by atoms with Crippen LogP contribution in [0.4, 0.5) is 4.39 Å². The molecule has 1 N–H and O–H groups in total. The minimum absolute atomic E-state index is 0.145. The number of furan rings is 1. The highest BCUT2D eigenvalue weighted by atomic mass is 19.1. The summed E-state index contributed by atoms with van der Waals surface area (Å²) in [4.78, 5) is 27.5. The molecule has 0 saturated heterocycles. The highest BCUT2D eigenvalue weighted by molar-refractivity contribution is 5.87. The number of nitrogens with zero attached hydrogens (tertiary/aromatic N) is 1. The number of benzene rings is 2. The van der Waals surface area contributed by atoms with E-state index in [0.29, 0.717) is 12.2 Å². The van der Waals surface area contributed by atoms with Gasteiger partial charge in [-0.2, -0.15) is 0 Å². The summed E-state index contributed by atoms with van der Waals surface area (Å²) in [5.41, 5.74) is 1.71. The summed E-state index contributed by atoms with van der Waals surface area (Å²) in [5.74, 6) is -0.120. The summed E-state index contributed by atoms with van der Waals surface area (Å²) < 4.78 is 18.6. The highest BCUT2D eigenvalue weighted by Gasteiger charge is 2.29. The third-order valence-electron chi connectivity index (χ3n) is 4.86. The Morgan fingerprint density at radius 2 is 1.73 bits per heavy atom. The van der Waals surface area contributed by atoms with Gasteiger partial charge in [-0.15, -0.1) is 0 Å². The normalized spacial score (nSPS) is 11.7. The molecule has 0 unspecified atom stereocenters. The van der Waals surface area contributed by atoms with Gasteiger partial charge >= 0.3 is 0 Å². The molecular formula is C24H25FN2O3. The van der Waals surface area contributed by atoms with Gasteiger partial charge < -0.3 is 14.6 Å². The molecule has 1 heterocycles. The molecule has 0 bridgehead atoms. The van der Waals surface area contributed by atoms with Crippen molar-refractivity contribution in [3.8, 4) is 0 Å². The van der Waals surface area contributed by atoms with E-state index in [1.807, 2.05) is 30.3 Å². The summed E-state index contributed by atoms with van der Waals surface area (Å²) in [6.45, 7) is 2.22. The summed E-state index contributed by atoms with van der Waals surface area (Å²) in [5, 5.41) is 2.87. The predicted octanol–water partition coefficient (Wildman–Crippen LogP) is 4.09. The van der Waals surface area contributed by atoms with Crippen LogP contribution in [0.1, 0.15) is 30.2 Å². The zero-order valence-corrected chi connectivity index (χ0v) is 16.9. The number of hydrogen-bond acceptors (Lipinski definition) is 3. The Kier molecular flexibility index (Phi) is 7.38. The third-order valence-corrected chi connectivity index (χ3v) is 4.86. The molecule has 0 aliphatic rings. The number of nitrogens with one attached hydrogen (secondary N) is 1. The van der Waals surface area contributed by atoms with Crippen molar-refractivity contribution in [2.45, 2.75) is 38.9 Å². The summed E-state index contributed by atoms with van der Waals surface area (Å²) in [6, 6.07) is 18.4. The molecule has 5 nitrogen and oxygen atoms in total. The molecule has 0 radical (unpaired) electrons. The highest BCUT2D eigenvalue weighted by Crippen LogP contribution is 2.16. The monoisotopic (exact) mass is 408 g/mol. The fraction of sp³-hybridized carbons (Fsp3) is 0.250. The van der Waals surface area contributed by atoms with E-state index in [1.54, 1.807) is 42.4 Å². The molecule has 2 aromatic carbocycles. The van der Waals surface area contributed by atoms with E-state index >= 15 is 0 Å². The van der Waals surface area contributed by atoms with Crippen molar-refractivity contribution in [2.75, 3.05) is 0 Å². The average Bonchev–Trinajstić information content (AvgIpc) is 3.29. The van der Waals surface area contributed by atoms with E-state index in [2.05, 4.69) is 5.32 Å². The van der Waals surface area contributed by atoms with Gasteiger partial charge in [0, 0.05) is 19.4 Å². The lowest BCUT2D eigenvalue weighted by Gasteiger charge is -2.31. The third kappa shape index (κ3) is 5.80. The molecule has 0 aliphatic carbocycles. The Bertz CT molecular complexity index is 940. The van der Waals surface area contributed by atoms with Gasteiger partial charge in [-0.05, 0) is 35.4 Å². The number of rotatable bonds is 9. The second-order valence-corrected chi connectivity index (χ2v) is 7.00. The van der Waals surface area contributed by atoms with Crippen LogP contribution in [0.5, 0.6) is 0 Å². The molecule has 156 valence electrons. The van der Waals surface area contributed by atoms with Gasteiger partial charge in [-0.3, -0.25) is 9.59 Å². The Morgan fingerprint density at radius 1 is 1.00 bits per heavy atom. The van der Waals surface area contributed by atoms with Crippen LogP contribution in [-0.2, 0) is 29.1 Å². The molecule has 6 heteroatoms. The SMILES string of the molecule is CCC(=O)N(Cc1ccc(F)cc1)[C@H](Cc1ccccc1)C(=O)NCc1ccco1. The molecule has 3 aromatic rings. The molecular weight excluding hydrogens is 383 g/mol. The van der Waals surface area contributed by atoms with E-state index in [4.69, 9.17) is 4.42 Å². The lowest BCUT2D eigenvalue weighted by Crippen LogP contribution is -2.50. The Hall–Kier alpha value is -3.41. The fourth-order valence-electron chi connectivity index (χ4n) is 3.25. The molecule has 0 saturated carbocycles. The number of carbonyl (C=O) groups excluding carboxylic acids is 2. The topological polar surface area (TPSA) is 62.6 Å². The predicted molar refractivity (Wildman–Crippen MR) is 112 cm³/mol. The molecule has 1 atom stereocenters. The summed E-state index contributed by atoms with van der Waals surface area (Å²) in [7, 11) is 0. The van der Waals surface area contributed by atoms with Crippen LogP contribution in [-0.4, -0.2) is 22.8 Å². The number of hydrogen-bond donors (Lipinski definition) is 1. The zero-order chi connectivity index (χ0) is 21.3. The van der Waals surface area contributed by atoms with E-state index in [-0.39, 0.29) is 37.1 Å². The Labute approximate surface area is 175 Å². The minimum atomic E-state index is -0.708. The Morgan fingerprint density at radius 3 is 2.37 bits per heavy atom. The van der Waals surface area contributed by atoms with Crippen LogP contribution in [0.15, 0.2) is 77.4 Å². The zero-order valence-electron chi connectivity index (χ0n) is 16.9. The van der Waals surface area contributed by atoms with Crippen LogP contribution in [0, 0.1) is 5.82 Å². The lowest BCUT2D eigenvalue weighted by molar-refractivity contribution is -0.141. The van der Waals surface area contributed by atoms with Crippen molar-refractivity contribution < 1.29 is 18.4 Å². The molecule has 0 fully saturated rings. The molecule has 0 spiro atoms. The van der Waals surface area contributed by atoms with Gasteiger partial charge in [-0.25, -0.2) is 4.39 Å². The number of halogens is 1. The first-order chi connectivity index (χ1) is 14.6. The van der Waals surface area contributed by atoms with E-state index < -0.39 is 6.04 Å². The van der Waals surface area contributed by atoms with Gasteiger partial charge in [0.2, 0.25) is 11.8 Å². The maximum Gasteiger partial charge on any atom is 0.243 e. The van der Waals surface area contributed by atoms with Crippen molar-refractivity contribution in [1.82, 2.24) is 10.2 Å². The first-order valence-corrected chi connectivity index (χ1v) is 9.94. The minimum Gasteiger partial charge on any atom is -0.467 e. The quantitative estimate of drug-likeness (QED) is 0.580. The van der Waals surface area contributed by atoms with E-state index in [1.165, 1.54) is 12.1 Å². The van der Waals surface area contributed by atoms with E-state index in [0.717, 1.165) is 11.1 Å². The lowest BCUT2D eigenvalue weighted by atomic mass is 10.0. The van der Waals surface area contributed by atoms with Crippen LogP contribution < -0.4 is 5.32 Å². The van der Waals surface area contributed by atoms with Gasteiger partial charge in [0.25, 0.3) is 0 Å². The van der Waals surface area contributed by atoms with Gasteiger partial charge in [0.15, 0.2) is 0 Å². The van der Waals surface area contributed by atoms with Crippen LogP contribution in [0.2, 0.25) is 0 Å². The van der Waals surface area contributed by atoms with Crippen LogP contribution in [0.25, 0.3) is 0 Å². The standard InChI is InChI=1S/C24H25FN2O3/c1-2-23(28)27(17-19-10-12-20(25)13-11-19)22(15-18-7-4-3-5-8-18)24(29)26-16-21-9-6-14-30-21/h3-14,22H,2,15-17H2,1H3,(H,26,29)/t22-/m1/s1. The van der Waals surface area contributed by atoms with Crippen molar-refractivity contribution in [1.29, 1.82) is 0 Å². The van der Waals surface area contributed by atoms with Crippen molar-refractivity contribution in [3.05, 3.63) is 95.7 Å². The number of carbonyl (C=O) groups is 2. The maximum absolute atomic E-state index is 13.3. The maximum atomic E-state index is 13.3. The molecule has 0 aliphatic heterocycles. The van der Waals surface area contributed by atoms with Gasteiger partial charge in [0.1, 0.15) is 17.6 Å². The molecule has 2 amide bonds. The van der Waals surface area contributed by atoms with Gasteiger partial charge in [-0.1, -0.05) is 49.4 Å². The molecule has 1 aromatic heterocycles. The number of amides is 2. The smallest absolute Gasteiger partial charge is 0.243 e. The van der Waals surface area contributed by atoms with Crippen molar-refractivity contribution in [2.24, 2.45) is 0 Å². The first kappa shape index (κ1) is 21.3. The second kappa shape index (κ2) is 10.4. The van der Waals surface area contributed by atoms with Crippen LogP contribution in [0.3, 0.4) is 0 Å². The van der Waals surface area contributed by atoms with Crippen LogP contribution >= 0.6 is 0 Å². The first-order valence-electron chi connectivity index (χ1n) is 9.94. The summed E-state index contributed by atoms with van der Waals surface area (Å²) >= 11 is 0. The second-order valence-electron chi connectivity index (χ2n) is 7.00. The molecule has 3 rings (SSSR count).